The number of piperazine rings is 1. The van der Waals surface area contributed by atoms with Gasteiger partial charge in [-0.05, 0) is 55.7 Å². The lowest BCUT2D eigenvalue weighted by molar-refractivity contribution is 0.588. The van der Waals surface area contributed by atoms with Crippen LogP contribution in [0.4, 0.5) is 11.4 Å². The highest BCUT2D eigenvalue weighted by Crippen LogP contribution is 2.31. The Hall–Kier alpha value is -2.51. The molecule has 0 spiro atoms. The normalized spacial score (nSPS) is 17.8. The second-order valence-corrected chi connectivity index (χ2v) is 10.1. The standard InChI is InChI=1S/C23H28N4O2S/c1-18-17-27(23-16-20(7-8-22(18)23)26-13-9-24-10-14-26)30(28,29)21-6-4-5-19(15-21)25-11-2-3-12-25/h4-8,15-17,24H,2-3,9-14H2,1H3. The topological polar surface area (TPSA) is 57.6 Å². The molecule has 0 aliphatic carbocycles. The Morgan fingerprint density at radius 1 is 0.867 bits per heavy atom. The van der Waals surface area contributed by atoms with E-state index in [0.717, 1.165) is 80.0 Å². The lowest BCUT2D eigenvalue weighted by Crippen LogP contribution is -2.43. The fourth-order valence-corrected chi connectivity index (χ4v) is 6.05. The Morgan fingerprint density at radius 2 is 1.57 bits per heavy atom. The maximum absolute atomic E-state index is 13.6. The van der Waals surface area contributed by atoms with Crippen LogP contribution in [0.15, 0.2) is 53.6 Å². The largest absolute Gasteiger partial charge is 0.371 e. The summed E-state index contributed by atoms with van der Waals surface area (Å²) in [5, 5.41) is 4.34. The molecule has 6 nitrogen and oxygen atoms in total. The van der Waals surface area contributed by atoms with E-state index in [1.807, 2.05) is 31.2 Å². The second-order valence-electron chi connectivity index (χ2n) is 8.24. The van der Waals surface area contributed by atoms with Crippen LogP contribution in [0.2, 0.25) is 0 Å². The first-order valence-electron chi connectivity index (χ1n) is 10.7. The minimum Gasteiger partial charge on any atom is -0.371 e. The average Bonchev–Trinajstić information content (AvgIpc) is 3.43. The predicted molar refractivity (Wildman–Crippen MR) is 122 cm³/mol. The van der Waals surface area contributed by atoms with Crippen LogP contribution in [0, 0.1) is 6.92 Å². The Labute approximate surface area is 178 Å². The molecular formula is C23H28N4O2S. The van der Waals surface area contributed by atoms with Gasteiger partial charge in [0.1, 0.15) is 0 Å². The highest BCUT2D eigenvalue weighted by Gasteiger charge is 2.23. The lowest BCUT2D eigenvalue weighted by Gasteiger charge is -2.29. The van der Waals surface area contributed by atoms with E-state index < -0.39 is 10.0 Å². The van der Waals surface area contributed by atoms with Crippen molar-refractivity contribution in [3.8, 4) is 0 Å². The van der Waals surface area contributed by atoms with E-state index in [0.29, 0.717) is 4.90 Å². The summed E-state index contributed by atoms with van der Waals surface area (Å²) in [6.45, 7) is 7.69. The molecule has 2 fully saturated rings. The van der Waals surface area contributed by atoms with Crippen molar-refractivity contribution in [3.05, 3.63) is 54.2 Å². The molecule has 1 aromatic heterocycles. The van der Waals surface area contributed by atoms with Crippen LogP contribution >= 0.6 is 0 Å². The summed E-state index contributed by atoms with van der Waals surface area (Å²) in [5.41, 5.74) is 3.78. The summed E-state index contributed by atoms with van der Waals surface area (Å²) < 4.78 is 28.7. The predicted octanol–water partition coefficient (Wildman–Crippen LogP) is 3.20. The maximum atomic E-state index is 13.6. The number of fused-ring (bicyclic) bond motifs is 1. The third-order valence-corrected chi connectivity index (χ3v) is 7.95. The fraction of sp³-hybridized carbons (Fsp3) is 0.391. The van der Waals surface area contributed by atoms with E-state index in [-0.39, 0.29) is 0 Å². The van der Waals surface area contributed by atoms with Crippen molar-refractivity contribution in [2.75, 3.05) is 49.1 Å². The Bertz CT molecular complexity index is 1170. The van der Waals surface area contributed by atoms with Gasteiger partial charge >= 0.3 is 0 Å². The molecule has 2 aliphatic rings. The van der Waals surface area contributed by atoms with E-state index >= 15 is 0 Å². The molecule has 0 atom stereocenters. The minimum absolute atomic E-state index is 0.344. The first kappa shape index (κ1) is 19.5. The summed E-state index contributed by atoms with van der Waals surface area (Å²) >= 11 is 0. The maximum Gasteiger partial charge on any atom is 0.268 e. The van der Waals surface area contributed by atoms with Crippen LogP contribution in [0.5, 0.6) is 0 Å². The molecule has 3 aromatic rings. The van der Waals surface area contributed by atoms with Gasteiger partial charge in [-0.25, -0.2) is 12.4 Å². The Balaban J connectivity index is 1.58. The molecule has 2 aliphatic heterocycles. The monoisotopic (exact) mass is 424 g/mol. The second kappa shape index (κ2) is 7.63. The summed E-state index contributed by atoms with van der Waals surface area (Å²) in [4.78, 5) is 4.92. The van der Waals surface area contributed by atoms with Gasteiger partial charge in [0.15, 0.2) is 0 Å². The molecule has 0 radical (unpaired) electrons. The van der Waals surface area contributed by atoms with Crippen LogP contribution in [-0.4, -0.2) is 51.7 Å². The zero-order chi connectivity index (χ0) is 20.7. The Kier molecular flexibility index (Phi) is 4.95. The zero-order valence-electron chi connectivity index (χ0n) is 17.3. The van der Waals surface area contributed by atoms with Crippen molar-refractivity contribution in [1.82, 2.24) is 9.29 Å². The van der Waals surface area contributed by atoms with Gasteiger partial charge < -0.3 is 15.1 Å². The van der Waals surface area contributed by atoms with Crippen molar-refractivity contribution in [2.24, 2.45) is 0 Å². The summed E-state index contributed by atoms with van der Waals surface area (Å²) in [5.74, 6) is 0. The molecule has 2 aromatic carbocycles. The third-order valence-electron chi connectivity index (χ3n) is 6.28. The number of benzene rings is 2. The van der Waals surface area contributed by atoms with Gasteiger partial charge in [-0.3, -0.25) is 0 Å². The molecule has 158 valence electrons. The number of hydrogen-bond donors (Lipinski definition) is 1. The van der Waals surface area contributed by atoms with E-state index in [9.17, 15) is 8.42 Å². The van der Waals surface area contributed by atoms with Crippen molar-refractivity contribution in [2.45, 2.75) is 24.7 Å². The van der Waals surface area contributed by atoms with Gasteiger partial charge in [0, 0.05) is 62.2 Å². The highest BCUT2D eigenvalue weighted by atomic mass is 32.2. The van der Waals surface area contributed by atoms with E-state index in [1.165, 1.54) is 3.97 Å². The van der Waals surface area contributed by atoms with Crippen molar-refractivity contribution >= 4 is 32.3 Å². The van der Waals surface area contributed by atoms with Gasteiger partial charge in [0.2, 0.25) is 0 Å². The molecule has 30 heavy (non-hydrogen) atoms. The first-order chi connectivity index (χ1) is 14.5. The van der Waals surface area contributed by atoms with E-state index in [2.05, 4.69) is 27.2 Å². The van der Waals surface area contributed by atoms with Crippen molar-refractivity contribution in [1.29, 1.82) is 0 Å². The molecule has 7 heteroatoms. The number of anilines is 2. The third kappa shape index (κ3) is 3.36. The molecule has 1 N–H and O–H groups in total. The average molecular weight is 425 g/mol. The minimum atomic E-state index is -3.69. The molecule has 3 heterocycles. The summed E-state index contributed by atoms with van der Waals surface area (Å²) in [6.07, 6.45) is 4.07. The molecule has 2 saturated heterocycles. The van der Waals surface area contributed by atoms with Crippen molar-refractivity contribution < 1.29 is 8.42 Å². The number of aryl methyl sites for hydroxylation is 1. The smallest absolute Gasteiger partial charge is 0.268 e. The fourth-order valence-electron chi connectivity index (χ4n) is 4.60. The number of aromatic nitrogens is 1. The first-order valence-corrected chi connectivity index (χ1v) is 12.2. The van der Waals surface area contributed by atoms with Crippen LogP contribution in [0.3, 0.4) is 0 Å². The van der Waals surface area contributed by atoms with Crippen molar-refractivity contribution in [3.63, 3.8) is 0 Å². The summed E-state index contributed by atoms with van der Waals surface area (Å²) in [7, 11) is -3.69. The van der Waals surface area contributed by atoms with Gasteiger partial charge in [-0.2, -0.15) is 0 Å². The summed E-state index contributed by atoms with van der Waals surface area (Å²) in [6, 6.07) is 13.6. The molecule has 0 saturated carbocycles. The number of hydrogen-bond acceptors (Lipinski definition) is 5. The SMILES string of the molecule is Cc1cn(S(=O)(=O)c2cccc(N3CCCC3)c2)c2cc(N3CCNCC3)ccc12. The van der Waals surface area contributed by atoms with Gasteiger partial charge in [-0.1, -0.05) is 12.1 Å². The number of nitrogens with one attached hydrogen (secondary N) is 1. The van der Waals surface area contributed by atoms with E-state index in [1.54, 1.807) is 12.3 Å². The Morgan fingerprint density at radius 3 is 2.33 bits per heavy atom. The van der Waals surface area contributed by atoms with Crippen LogP contribution in [-0.2, 0) is 10.0 Å². The number of nitrogens with zero attached hydrogens (tertiary/aromatic N) is 3. The lowest BCUT2D eigenvalue weighted by atomic mass is 10.1. The van der Waals surface area contributed by atoms with Crippen LogP contribution in [0.1, 0.15) is 18.4 Å². The van der Waals surface area contributed by atoms with E-state index in [4.69, 9.17) is 0 Å². The van der Waals surface area contributed by atoms with Gasteiger partial charge in [-0.15, -0.1) is 0 Å². The molecular weight excluding hydrogens is 396 g/mol. The molecule has 0 amide bonds. The highest BCUT2D eigenvalue weighted by molar-refractivity contribution is 7.90. The van der Waals surface area contributed by atoms with Gasteiger partial charge in [0.25, 0.3) is 10.0 Å². The quantitative estimate of drug-likeness (QED) is 0.697. The zero-order valence-corrected chi connectivity index (χ0v) is 18.2. The molecule has 0 unspecified atom stereocenters. The molecule has 0 bridgehead atoms. The van der Waals surface area contributed by atoms with Crippen LogP contribution < -0.4 is 15.1 Å². The van der Waals surface area contributed by atoms with Gasteiger partial charge in [0.05, 0.1) is 10.4 Å². The molecule has 5 rings (SSSR count). The van der Waals surface area contributed by atoms with Crippen LogP contribution in [0.25, 0.3) is 10.9 Å². The number of rotatable bonds is 4.